The van der Waals surface area contributed by atoms with Gasteiger partial charge >= 0.3 is 0 Å². The van der Waals surface area contributed by atoms with E-state index in [1.165, 1.54) is 11.1 Å². The van der Waals surface area contributed by atoms with Gasteiger partial charge in [-0.3, -0.25) is 0 Å². The van der Waals surface area contributed by atoms with Crippen LogP contribution in [0, 0.1) is 0 Å². The number of ether oxygens (including phenoxy) is 1. The Bertz CT molecular complexity index is 442. The maximum Gasteiger partial charge on any atom is 0.122 e. The average Bonchev–Trinajstić information content (AvgIpc) is 2.51. The largest absolute Gasteiger partial charge is 0.493 e. The molecular formula is C19H32O3. The van der Waals surface area contributed by atoms with E-state index in [0.29, 0.717) is 18.8 Å². The van der Waals surface area contributed by atoms with E-state index in [-0.39, 0.29) is 5.92 Å². The van der Waals surface area contributed by atoms with E-state index in [4.69, 9.17) is 4.74 Å². The van der Waals surface area contributed by atoms with Gasteiger partial charge in [-0.2, -0.15) is 0 Å². The van der Waals surface area contributed by atoms with Gasteiger partial charge in [0.15, 0.2) is 0 Å². The molecule has 0 aliphatic carbocycles. The summed E-state index contributed by atoms with van der Waals surface area (Å²) in [5.74, 6) is 1.56. The summed E-state index contributed by atoms with van der Waals surface area (Å²) in [7, 11) is 0. The fraction of sp³-hybridized carbons (Fsp3) is 0.684. The highest BCUT2D eigenvalue weighted by Crippen LogP contribution is 2.32. The minimum Gasteiger partial charge on any atom is -0.493 e. The monoisotopic (exact) mass is 308 g/mol. The van der Waals surface area contributed by atoms with E-state index < -0.39 is 12.2 Å². The zero-order valence-corrected chi connectivity index (χ0v) is 14.7. The molecule has 2 N–H and O–H groups in total. The van der Waals surface area contributed by atoms with Crippen LogP contribution in [0.1, 0.15) is 76.8 Å². The van der Waals surface area contributed by atoms with Crippen LogP contribution in [-0.4, -0.2) is 29.0 Å². The van der Waals surface area contributed by atoms with Crippen LogP contribution in [0.4, 0.5) is 0 Å². The second-order valence-corrected chi connectivity index (χ2v) is 6.48. The van der Waals surface area contributed by atoms with E-state index in [1.807, 2.05) is 13.0 Å². The Kier molecular flexibility index (Phi) is 7.91. The molecule has 22 heavy (non-hydrogen) atoms. The molecule has 0 aromatic heterocycles. The van der Waals surface area contributed by atoms with Crippen LogP contribution in [0.3, 0.4) is 0 Å². The number of aliphatic hydroxyl groups excluding tert-OH is 2. The Hall–Kier alpha value is -1.06. The standard InChI is InChI=1S/C19H32O3/c1-6-10-22-19-9-8-15(12-16(19)13(3)4)14(5)11-18(21)17(20)7-2/h8-9,12-14,17-18,20-21H,6-7,10-11H2,1-5H3. The molecule has 0 amide bonds. The second-order valence-electron chi connectivity index (χ2n) is 6.48. The van der Waals surface area contributed by atoms with Crippen molar-refractivity contribution in [2.75, 3.05) is 6.61 Å². The summed E-state index contributed by atoms with van der Waals surface area (Å²) in [4.78, 5) is 0. The molecule has 0 spiro atoms. The number of hydrogen-bond acceptors (Lipinski definition) is 3. The van der Waals surface area contributed by atoms with Gasteiger partial charge in [0.05, 0.1) is 18.8 Å². The van der Waals surface area contributed by atoms with Gasteiger partial charge in [0.1, 0.15) is 5.75 Å². The van der Waals surface area contributed by atoms with Crippen LogP contribution in [0.5, 0.6) is 5.75 Å². The maximum absolute atomic E-state index is 10.0. The smallest absolute Gasteiger partial charge is 0.122 e. The van der Waals surface area contributed by atoms with Crippen molar-refractivity contribution in [2.45, 2.75) is 77.9 Å². The molecule has 0 saturated heterocycles. The quantitative estimate of drug-likeness (QED) is 0.718. The van der Waals surface area contributed by atoms with Crippen LogP contribution in [0.2, 0.25) is 0 Å². The second kappa shape index (κ2) is 9.16. The van der Waals surface area contributed by atoms with Crippen LogP contribution < -0.4 is 4.74 Å². The highest BCUT2D eigenvalue weighted by atomic mass is 16.5. The van der Waals surface area contributed by atoms with Crippen LogP contribution in [0.15, 0.2) is 18.2 Å². The molecule has 3 nitrogen and oxygen atoms in total. The predicted octanol–water partition coefficient (Wildman–Crippen LogP) is 4.22. The van der Waals surface area contributed by atoms with E-state index >= 15 is 0 Å². The SMILES string of the molecule is CCCOc1ccc(C(C)CC(O)C(O)CC)cc1C(C)C. The summed E-state index contributed by atoms with van der Waals surface area (Å²) < 4.78 is 5.83. The van der Waals surface area contributed by atoms with Crippen molar-refractivity contribution in [1.29, 1.82) is 0 Å². The highest BCUT2D eigenvalue weighted by Gasteiger charge is 2.19. The topological polar surface area (TPSA) is 49.7 Å². The molecule has 1 aromatic carbocycles. The van der Waals surface area contributed by atoms with Crippen molar-refractivity contribution in [1.82, 2.24) is 0 Å². The van der Waals surface area contributed by atoms with Gasteiger partial charge in [0, 0.05) is 0 Å². The molecule has 1 aromatic rings. The molecule has 1 rings (SSSR count). The van der Waals surface area contributed by atoms with Gasteiger partial charge in [-0.05, 0) is 48.3 Å². The first kappa shape index (κ1) is 19.0. The number of hydrogen-bond donors (Lipinski definition) is 2. The highest BCUT2D eigenvalue weighted by molar-refractivity contribution is 5.40. The molecule has 0 radical (unpaired) electrons. The van der Waals surface area contributed by atoms with Gasteiger partial charge in [-0.25, -0.2) is 0 Å². The normalized spacial score (nSPS) is 15.6. The molecule has 126 valence electrons. The third kappa shape index (κ3) is 5.29. The maximum atomic E-state index is 10.0. The van der Waals surface area contributed by atoms with E-state index in [2.05, 4.69) is 39.8 Å². The molecule has 0 fully saturated rings. The number of aliphatic hydroxyl groups is 2. The Morgan fingerprint density at radius 3 is 2.27 bits per heavy atom. The molecule has 0 aliphatic heterocycles. The van der Waals surface area contributed by atoms with Crippen LogP contribution in [-0.2, 0) is 0 Å². The van der Waals surface area contributed by atoms with Crippen molar-refractivity contribution in [3.63, 3.8) is 0 Å². The molecule has 3 unspecified atom stereocenters. The summed E-state index contributed by atoms with van der Waals surface area (Å²) in [6, 6.07) is 6.30. The first-order valence-electron chi connectivity index (χ1n) is 8.53. The summed E-state index contributed by atoms with van der Waals surface area (Å²) in [5, 5.41) is 19.8. The first-order chi connectivity index (χ1) is 10.4. The summed E-state index contributed by atoms with van der Waals surface area (Å²) >= 11 is 0. The van der Waals surface area contributed by atoms with Gasteiger partial charge < -0.3 is 14.9 Å². The Morgan fingerprint density at radius 2 is 1.73 bits per heavy atom. The lowest BCUT2D eigenvalue weighted by atomic mass is 9.89. The lowest BCUT2D eigenvalue weighted by Gasteiger charge is -2.22. The summed E-state index contributed by atoms with van der Waals surface area (Å²) in [5.41, 5.74) is 2.40. The van der Waals surface area contributed by atoms with E-state index in [9.17, 15) is 10.2 Å². The molecule has 0 bridgehead atoms. The van der Waals surface area contributed by atoms with Crippen molar-refractivity contribution in [3.05, 3.63) is 29.3 Å². The van der Waals surface area contributed by atoms with Gasteiger partial charge in [0.25, 0.3) is 0 Å². The zero-order valence-electron chi connectivity index (χ0n) is 14.7. The van der Waals surface area contributed by atoms with Crippen molar-refractivity contribution in [2.24, 2.45) is 0 Å². The lowest BCUT2D eigenvalue weighted by molar-refractivity contribution is 0.00953. The summed E-state index contributed by atoms with van der Waals surface area (Å²) in [6.45, 7) is 11.1. The van der Waals surface area contributed by atoms with E-state index in [1.54, 1.807) is 0 Å². The zero-order chi connectivity index (χ0) is 16.7. The molecule has 0 saturated carbocycles. The molecule has 3 atom stereocenters. The average molecular weight is 308 g/mol. The third-order valence-corrected chi connectivity index (χ3v) is 4.14. The Balaban J connectivity index is 2.88. The van der Waals surface area contributed by atoms with E-state index in [0.717, 1.165) is 18.8 Å². The third-order valence-electron chi connectivity index (χ3n) is 4.14. The van der Waals surface area contributed by atoms with Crippen molar-refractivity contribution in [3.8, 4) is 5.75 Å². The van der Waals surface area contributed by atoms with Gasteiger partial charge in [0.2, 0.25) is 0 Å². The lowest BCUT2D eigenvalue weighted by Crippen LogP contribution is -2.26. The molecular weight excluding hydrogens is 276 g/mol. The van der Waals surface area contributed by atoms with Crippen molar-refractivity contribution >= 4 is 0 Å². The molecule has 0 aliphatic rings. The Morgan fingerprint density at radius 1 is 1.05 bits per heavy atom. The minimum absolute atomic E-state index is 0.203. The fourth-order valence-corrected chi connectivity index (χ4v) is 2.60. The fourth-order valence-electron chi connectivity index (χ4n) is 2.60. The molecule has 0 heterocycles. The van der Waals surface area contributed by atoms with Crippen molar-refractivity contribution < 1.29 is 14.9 Å². The van der Waals surface area contributed by atoms with Gasteiger partial charge in [-0.15, -0.1) is 0 Å². The minimum atomic E-state index is -0.668. The number of rotatable bonds is 9. The van der Waals surface area contributed by atoms with Crippen LogP contribution in [0.25, 0.3) is 0 Å². The Labute approximate surface area is 135 Å². The number of benzene rings is 1. The summed E-state index contributed by atoms with van der Waals surface area (Å²) in [6.07, 6.45) is 0.839. The first-order valence-corrected chi connectivity index (χ1v) is 8.53. The van der Waals surface area contributed by atoms with Gasteiger partial charge in [-0.1, -0.05) is 46.8 Å². The van der Waals surface area contributed by atoms with Crippen LogP contribution >= 0.6 is 0 Å². The predicted molar refractivity (Wildman–Crippen MR) is 91.7 cm³/mol. The molecule has 3 heteroatoms.